The number of rotatable bonds is 5. The van der Waals surface area contributed by atoms with Crippen LogP contribution in [-0.4, -0.2) is 36.5 Å². The summed E-state index contributed by atoms with van der Waals surface area (Å²) in [4.78, 5) is 13.8. The van der Waals surface area contributed by atoms with Gasteiger partial charge in [-0.2, -0.15) is 0 Å². The summed E-state index contributed by atoms with van der Waals surface area (Å²) in [6.45, 7) is 11.7. The van der Waals surface area contributed by atoms with Crippen molar-refractivity contribution in [1.29, 1.82) is 0 Å². The van der Waals surface area contributed by atoms with E-state index in [9.17, 15) is 4.79 Å². The number of nitrogens with one attached hydrogen (secondary N) is 1. The summed E-state index contributed by atoms with van der Waals surface area (Å²) < 4.78 is 0. The Labute approximate surface area is 87.9 Å². The highest BCUT2D eigenvalue weighted by atomic mass is 16.2. The molecule has 84 valence electrons. The molecule has 14 heavy (non-hydrogen) atoms. The van der Waals surface area contributed by atoms with E-state index in [1.54, 1.807) is 4.90 Å². The van der Waals surface area contributed by atoms with Crippen molar-refractivity contribution in [1.82, 2.24) is 10.2 Å². The third-order valence-electron chi connectivity index (χ3n) is 2.14. The topological polar surface area (TPSA) is 32.3 Å². The smallest absolute Gasteiger partial charge is 0.242 e. The Morgan fingerprint density at radius 3 is 2.29 bits per heavy atom. The molecule has 0 fully saturated rings. The Morgan fingerprint density at radius 1 is 1.43 bits per heavy atom. The number of carbonyl (C=O) groups excluding carboxylic acids is 1. The number of likely N-dealkylation sites (N-methyl/N-ethyl adjacent to an activating group) is 2. The molecule has 1 amide bonds. The molecule has 1 N–H and O–H groups in total. The van der Waals surface area contributed by atoms with Crippen molar-refractivity contribution in [2.24, 2.45) is 5.92 Å². The van der Waals surface area contributed by atoms with Gasteiger partial charge in [-0.05, 0) is 26.3 Å². The monoisotopic (exact) mass is 200 g/mol. The van der Waals surface area contributed by atoms with E-state index in [0.717, 1.165) is 13.1 Å². The van der Waals surface area contributed by atoms with Crippen LogP contribution in [0.1, 0.15) is 34.6 Å². The highest BCUT2D eigenvalue weighted by Gasteiger charge is 2.29. The minimum Gasteiger partial charge on any atom is -0.344 e. The first-order valence-electron chi connectivity index (χ1n) is 5.31. The van der Waals surface area contributed by atoms with E-state index in [4.69, 9.17) is 0 Å². The molecule has 0 radical (unpaired) electrons. The van der Waals surface area contributed by atoms with Crippen LogP contribution in [0.4, 0.5) is 0 Å². The predicted molar refractivity (Wildman–Crippen MR) is 60.2 cm³/mol. The fourth-order valence-electron chi connectivity index (χ4n) is 1.63. The number of hydrogen-bond acceptors (Lipinski definition) is 2. The fourth-order valence-corrected chi connectivity index (χ4v) is 1.63. The maximum atomic E-state index is 12.0. The van der Waals surface area contributed by atoms with Crippen LogP contribution in [0, 0.1) is 5.92 Å². The van der Waals surface area contributed by atoms with E-state index in [0.29, 0.717) is 5.92 Å². The molecule has 0 aliphatic rings. The molecule has 0 aliphatic carbocycles. The Kier molecular flexibility index (Phi) is 5.13. The van der Waals surface area contributed by atoms with E-state index >= 15 is 0 Å². The second-order valence-corrected chi connectivity index (χ2v) is 4.73. The van der Waals surface area contributed by atoms with Crippen LogP contribution in [0.15, 0.2) is 0 Å². The minimum atomic E-state index is -0.446. The zero-order valence-corrected chi connectivity index (χ0v) is 10.3. The standard InChI is InChI=1S/C11H24N2O/c1-7-12-11(4,5)10(14)13(6)8-9(2)3/h9,12H,7-8H2,1-6H3. The maximum absolute atomic E-state index is 12.0. The Morgan fingerprint density at radius 2 is 1.93 bits per heavy atom. The highest BCUT2D eigenvalue weighted by Crippen LogP contribution is 2.08. The van der Waals surface area contributed by atoms with Gasteiger partial charge in [0, 0.05) is 13.6 Å². The largest absolute Gasteiger partial charge is 0.344 e. The molecule has 3 heteroatoms. The Hall–Kier alpha value is -0.570. The van der Waals surface area contributed by atoms with Gasteiger partial charge in [-0.1, -0.05) is 20.8 Å². The Balaban J connectivity index is 4.29. The third kappa shape index (κ3) is 4.09. The quantitative estimate of drug-likeness (QED) is 0.729. The van der Waals surface area contributed by atoms with Crippen LogP contribution < -0.4 is 5.32 Å². The summed E-state index contributed by atoms with van der Waals surface area (Å²) in [6, 6.07) is 0. The zero-order valence-electron chi connectivity index (χ0n) is 10.3. The summed E-state index contributed by atoms with van der Waals surface area (Å²) in [7, 11) is 1.86. The molecule has 0 unspecified atom stereocenters. The molecule has 0 aromatic heterocycles. The molecule has 3 nitrogen and oxygen atoms in total. The number of hydrogen-bond donors (Lipinski definition) is 1. The van der Waals surface area contributed by atoms with Crippen LogP contribution in [0.25, 0.3) is 0 Å². The van der Waals surface area contributed by atoms with Crippen molar-refractivity contribution < 1.29 is 4.79 Å². The van der Waals surface area contributed by atoms with E-state index in [2.05, 4.69) is 19.2 Å². The van der Waals surface area contributed by atoms with Gasteiger partial charge in [0.1, 0.15) is 0 Å². The van der Waals surface area contributed by atoms with Crippen LogP contribution >= 0.6 is 0 Å². The van der Waals surface area contributed by atoms with Gasteiger partial charge in [-0.25, -0.2) is 0 Å². The molecule has 0 aromatic carbocycles. The molecule has 0 heterocycles. The van der Waals surface area contributed by atoms with Gasteiger partial charge >= 0.3 is 0 Å². The highest BCUT2D eigenvalue weighted by molar-refractivity contribution is 5.85. The zero-order chi connectivity index (χ0) is 11.4. The van der Waals surface area contributed by atoms with Crippen LogP contribution in [0.5, 0.6) is 0 Å². The van der Waals surface area contributed by atoms with Gasteiger partial charge in [-0.15, -0.1) is 0 Å². The summed E-state index contributed by atoms with van der Waals surface area (Å²) in [5.41, 5.74) is -0.446. The molecular weight excluding hydrogens is 176 g/mol. The number of nitrogens with zero attached hydrogens (tertiary/aromatic N) is 1. The molecule has 0 saturated heterocycles. The van der Waals surface area contributed by atoms with Crippen molar-refractivity contribution in [3.63, 3.8) is 0 Å². The van der Waals surface area contributed by atoms with E-state index in [-0.39, 0.29) is 5.91 Å². The third-order valence-corrected chi connectivity index (χ3v) is 2.14. The number of carbonyl (C=O) groups is 1. The molecule has 0 spiro atoms. The average molecular weight is 200 g/mol. The van der Waals surface area contributed by atoms with Crippen LogP contribution in [0.2, 0.25) is 0 Å². The average Bonchev–Trinajstić information content (AvgIpc) is 2.01. The minimum absolute atomic E-state index is 0.160. The molecule has 0 aliphatic heterocycles. The fraction of sp³-hybridized carbons (Fsp3) is 0.909. The van der Waals surface area contributed by atoms with Crippen molar-refractivity contribution >= 4 is 5.91 Å². The first-order valence-corrected chi connectivity index (χ1v) is 5.31. The van der Waals surface area contributed by atoms with Gasteiger partial charge in [0.25, 0.3) is 0 Å². The van der Waals surface area contributed by atoms with Gasteiger partial charge < -0.3 is 10.2 Å². The van der Waals surface area contributed by atoms with Crippen molar-refractivity contribution in [2.45, 2.75) is 40.2 Å². The van der Waals surface area contributed by atoms with E-state index < -0.39 is 5.54 Å². The summed E-state index contributed by atoms with van der Waals surface area (Å²) >= 11 is 0. The first kappa shape index (κ1) is 13.4. The van der Waals surface area contributed by atoms with Crippen LogP contribution in [0.3, 0.4) is 0 Å². The van der Waals surface area contributed by atoms with Gasteiger partial charge in [-0.3, -0.25) is 4.79 Å². The lowest BCUT2D eigenvalue weighted by molar-refractivity contribution is -0.136. The second-order valence-electron chi connectivity index (χ2n) is 4.73. The van der Waals surface area contributed by atoms with E-state index in [1.807, 2.05) is 27.8 Å². The summed E-state index contributed by atoms with van der Waals surface area (Å²) in [6.07, 6.45) is 0. The predicted octanol–water partition coefficient (Wildman–Crippen LogP) is 1.49. The molecule has 0 aromatic rings. The maximum Gasteiger partial charge on any atom is 0.242 e. The lowest BCUT2D eigenvalue weighted by Gasteiger charge is -2.30. The number of amides is 1. The molecule has 0 saturated carbocycles. The molecule has 0 atom stereocenters. The lowest BCUT2D eigenvalue weighted by atomic mass is 10.0. The van der Waals surface area contributed by atoms with Gasteiger partial charge in [0.15, 0.2) is 0 Å². The SMILES string of the molecule is CCNC(C)(C)C(=O)N(C)CC(C)C. The first-order chi connectivity index (χ1) is 6.31. The van der Waals surface area contributed by atoms with Crippen molar-refractivity contribution in [2.75, 3.05) is 20.1 Å². The van der Waals surface area contributed by atoms with Gasteiger partial charge in [0.2, 0.25) is 5.91 Å². The summed E-state index contributed by atoms with van der Waals surface area (Å²) in [5, 5.41) is 3.18. The van der Waals surface area contributed by atoms with Crippen LogP contribution in [-0.2, 0) is 4.79 Å². The molecule has 0 bridgehead atoms. The van der Waals surface area contributed by atoms with Gasteiger partial charge in [0.05, 0.1) is 5.54 Å². The second kappa shape index (κ2) is 5.35. The normalized spacial score (nSPS) is 11.9. The van der Waals surface area contributed by atoms with Crippen molar-refractivity contribution in [3.05, 3.63) is 0 Å². The summed E-state index contributed by atoms with van der Waals surface area (Å²) in [5.74, 6) is 0.675. The molecular formula is C11H24N2O. The Bertz CT molecular complexity index is 188. The van der Waals surface area contributed by atoms with Crippen molar-refractivity contribution in [3.8, 4) is 0 Å². The molecule has 0 rings (SSSR count). The lowest BCUT2D eigenvalue weighted by Crippen LogP contribution is -2.53. The van der Waals surface area contributed by atoms with E-state index in [1.165, 1.54) is 0 Å².